The third-order valence-corrected chi connectivity index (χ3v) is 14.0. The van der Waals surface area contributed by atoms with Gasteiger partial charge >= 0.3 is 153 Å². The molecule has 3 aromatic rings. The van der Waals surface area contributed by atoms with Crippen molar-refractivity contribution in [1.29, 1.82) is 0 Å². The minimum absolute atomic E-state index is 0.540. The normalized spacial score (nSPS) is 13.4. The van der Waals surface area contributed by atoms with Gasteiger partial charge in [-0.3, -0.25) is 0 Å². The van der Waals surface area contributed by atoms with Crippen molar-refractivity contribution in [2.24, 2.45) is 0 Å². The zero-order valence-corrected chi connectivity index (χ0v) is 16.5. The van der Waals surface area contributed by atoms with Gasteiger partial charge in [-0.25, -0.2) is 0 Å². The summed E-state index contributed by atoms with van der Waals surface area (Å²) in [5, 5.41) is 4.55. The van der Waals surface area contributed by atoms with Gasteiger partial charge in [-0.2, -0.15) is 0 Å². The van der Waals surface area contributed by atoms with Crippen molar-refractivity contribution in [2.45, 2.75) is 32.9 Å². The molecule has 0 aliphatic rings. The summed E-state index contributed by atoms with van der Waals surface area (Å²) in [6.07, 6.45) is 2.38. The van der Waals surface area contributed by atoms with Gasteiger partial charge in [0.25, 0.3) is 0 Å². The Labute approximate surface area is 152 Å². The molecule has 0 fully saturated rings. The van der Waals surface area contributed by atoms with E-state index in [1.54, 1.807) is 0 Å². The Kier molecular flexibility index (Phi) is 5.11. The fourth-order valence-corrected chi connectivity index (χ4v) is 12.2. The van der Waals surface area contributed by atoms with Crippen LogP contribution in [0.2, 0.25) is 0 Å². The maximum atomic E-state index is 2.43. The molecule has 0 N–H and O–H groups in total. The predicted octanol–water partition coefficient (Wildman–Crippen LogP) is 5.33. The van der Waals surface area contributed by atoms with E-state index < -0.39 is 6.60 Å². The van der Waals surface area contributed by atoms with Crippen molar-refractivity contribution in [3.63, 3.8) is 0 Å². The molecule has 0 amide bonds. The molecular weight excluding hydrogens is 319 g/mol. The molecule has 0 aromatic heterocycles. The molecule has 0 radical (unpaired) electrons. The quantitative estimate of drug-likeness (QED) is 0.528. The minimum atomic E-state index is -2.56. The van der Waals surface area contributed by atoms with Crippen molar-refractivity contribution in [3.05, 3.63) is 91.0 Å². The molecule has 0 heterocycles. The second-order valence-electron chi connectivity index (χ2n) is 7.20. The van der Waals surface area contributed by atoms with Crippen LogP contribution in [0.25, 0.3) is 0 Å². The molecule has 0 atom stereocenters. The average molecular weight is 348 g/mol. The molecule has 130 valence electrons. The fraction of sp³-hybridized carbons (Fsp3) is 0.250. The van der Waals surface area contributed by atoms with Gasteiger partial charge in [0.15, 0.2) is 0 Å². The number of rotatable bonds is 6. The third kappa shape index (κ3) is 2.55. The van der Waals surface area contributed by atoms with Gasteiger partial charge in [0, 0.05) is 0 Å². The first-order valence-corrected chi connectivity index (χ1v) is 11.8. The Balaban J connectivity index is 2.53. The van der Waals surface area contributed by atoms with E-state index >= 15 is 0 Å². The molecule has 0 unspecified atom stereocenters. The first kappa shape index (κ1) is 17.9. The Morgan fingerprint density at radius 1 is 0.600 bits per heavy atom. The van der Waals surface area contributed by atoms with Crippen LogP contribution in [0.1, 0.15) is 27.2 Å². The first-order valence-electron chi connectivity index (χ1n) is 9.34. The van der Waals surface area contributed by atoms with E-state index in [9.17, 15) is 0 Å². The molecule has 0 saturated heterocycles. The molecule has 25 heavy (non-hydrogen) atoms. The van der Waals surface area contributed by atoms with Crippen molar-refractivity contribution >= 4 is 22.5 Å². The van der Waals surface area contributed by atoms with Crippen LogP contribution in [0.5, 0.6) is 0 Å². The predicted molar refractivity (Wildman–Crippen MR) is 115 cm³/mol. The standard InChI is InChI=1S/C24H29P/c1-4-20-25(21(2)3,22-14-8-5-9-15-22,23-16-10-6-11-17-23)24-18-12-7-13-19-24/h5-19,21H,4,20H2,1-3H3. The van der Waals surface area contributed by atoms with Crippen molar-refractivity contribution in [1.82, 2.24) is 0 Å². The summed E-state index contributed by atoms with van der Waals surface area (Å²) in [7, 11) is 0. The Bertz CT molecular complexity index is 692. The van der Waals surface area contributed by atoms with Crippen LogP contribution < -0.4 is 15.9 Å². The molecule has 3 aromatic carbocycles. The van der Waals surface area contributed by atoms with Gasteiger partial charge in [0.05, 0.1) is 0 Å². The Hall–Kier alpha value is -1.91. The number of hydrogen-bond donors (Lipinski definition) is 0. The molecular formula is C24H29P. The number of hydrogen-bond acceptors (Lipinski definition) is 0. The zero-order chi connectivity index (χ0) is 17.8. The van der Waals surface area contributed by atoms with E-state index in [0.717, 1.165) is 0 Å². The van der Waals surface area contributed by atoms with E-state index in [0.29, 0.717) is 5.66 Å². The van der Waals surface area contributed by atoms with Gasteiger partial charge in [0.1, 0.15) is 0 Å². The van der Waals surface area contributed by atoms with Crippen molar-refractivity contribution in [3.8, 4) is 0 Å². The van der Waals surface area contributed by atoms with Gasteiger partial charge in [-0.05, 0) is 0 Å². The maximum absolute atomic E-state index is 2.56. The van der Waals surface area contributed by atoms with Crippen LogP contribution in [0.4, 0.5) is 0 Å². The summed E-state index contributed by atoms with van der Waals surface area (Å²) in [5.41, 5.74) is 0.540. The molecule has 0 bridgehead atoms. The summed E-state index contributed by atoms with van der Waals surface area (Å²) in [6.45, 7) is 4.63. The van der Waals surface area contributed by atoms with Crippen molar-refractivity contribution < 1.29 is 0 Å². The summed E-state index contributed by atoms with van der Waals surface area (Å²) in [5.74, 6) is 0. The molecule has 0 aliphatic heterocycles. The monoisotopic (exact) mass is 348 g/mol. The van der Waals surface area contributed by atoms with Gasteiger partial charge in [-0.1, -0.05) is 0 Å². The van der Waals surface area contributed by atoms with E-state index in [2.05, 4.69) is 112 Å². The van der Waals surface area contributed by atoms with E-state index in [1.165, 1.54) is 28.5 Å². The summed E-state index contributed by atoms with van der Waals surface area (Å²) in [4.78, 5) is 0. The van der Waals surface area contributed by atoms with Crippen molar-refractivity contribution in [2.75, 3.05) is 6.16 Å². The fourth-order valence-electron chi connectivity index (χ4n) is 4.76. The van der Waals surface area contributed by atoms with E-state index in [-0.39, 0.29) is 0 Å². The second kappa shape index (κ2) is 7.14. The molecule has 3 rings (SSSR count). The van der Waals surface area contributed by atoms with Crippen LogP contribution in [-0.4, -0.2) is 11.8 Å². The van der Waals surface area contributed by atoms with Crippen LogP contribution in [-0.2, 0) is 0 Å². The van der Waals surface area contributed by atoms with Crippen LogP contribution in [0, 0.1) is 0 Å². The number of benzene rings is 3. The summed E-state index contributed by atoms with van der Waals surface area (Å²) < 4.78 is 0. The second-order valence-corrected chi connectivity index (χ2v) is 13.0. The molecule has 0 nitrogen and oxygen atoms in total. The molecule has 1 heteroatoms. The summed E-state index contributed by atoms with van der Waals surface area (Å²) >= 11 is 0. The third-order valence-electron chi connectivity index (χ3n) is 5.87. The molecule has 0 spiro atoms. The Morgan fingerprint density at radius 3 is 1.16 bits per heavy atom. The average Bonchev–Trinajstić information content (AvgIpc) is 2.68. The van der Waals surface area contributed by atoms with E-state index in [1.807, 2.05) is 0 Å². The van der Waals surface area contributed by atoms with Crippen LogP contribution >= 0.6 is 6.60 Å². The molecule has 0 saturated carbocycles. The topological polar surface area (TPSA) is 0 Å². The Morgan fingerprint density at radius 2 is 0.920 bits per heavy atom. The first-order chi connectivity index (χ1) is 12.2. The van der Waals surface area contributed by atoms with Gasteiger partial charge in [-0.15, -0.1) is 0 Å². The van der Waals surface area contributed by atoms with E-state index in [4.69, 9.17) is 0 Å². The van der Waals surface area contributed by atoms with Crippen LogP contribution in [0.3, 0.4) is 0 Å². The SMILES string of the molecule is CCCP(c1ccccc1)(c1ccccc1)(c1ccccc1)C(C)C. The van der Waals surface area contributed by atoms with Gasteiger partial charge < -0.3 is 0 Å². The molecule has 0 aliphatic carbocycles. The zero-order valence-electron chi connectivity index (χ0n) is 15.6. The van der Waals surface area contributed by atoms with Gasteiger partial charge in [0.2, 0.25) is 0 Å². The summed E-state index contributed by atoms with van der Waals surface area (Å²) in [6, 6.07) is 33.9. The van der Waals surface area contributed by atoms with Crippen LogP contribution in [0.15, 0.2) is 91.0 Å².